The Kier molecular flexibility index (Phi) is 4.14. The quantitative estimate of drug-likeness (QED) is 0.683. The fourth-order valence-electron chi connectivity index (χ4n) is 3.32. The monoisotopic (exact) mass is 368 g/mol. The summed E-state index contributed by atoms with van der Waals surface area (Å²) in [7, 11) is 0. The number of fused-ring (bicyclic) bond motifs is 1. The minimum atomic E-state index is -0.276. The van der Waals surface area contributed by atoms with Crippen molar-refractivity contribution in [2.24, 2.45) is 11.8 Å². The van der Waals surface area contributed by atoms with E-state index in [4.69, 9.17) is 11.0 Å². The van der Waals surface area contributed by atoms with Crippen LogP contribution in [-0.4, -0.2) is 15.9 Å². The van der Waals surface area contributed by atoms with Gasteiger partial charge in [-0.3, -0.25) is 9.78 Å². The summed E-state index contributed by atoms with van der Waals surface area (Å²) in [5.74, 6) is -0.306. The van der Waals surface area contributed by atoms with Crippen LogP contribution in [0, 0.1) is 41.4 Å². The molecule has 4 rings (SSSR count). The van der Waals surface area contributed by atoms with E-state index >= 15 is 0 Å². The SMILES string of the molecule is Cc1ccncc1-c1cc2cc(NC(=O)[C@@H]3CC3C#N)ncc2c(N)c1C#N. The van der Waals surface area contributed by atoms with Crippen molar-refractivity contribution < 1.29 is 4.79 Å². The molecule has 0 bridgehead atoms. The van der Waals surface area contributed by atoms with Gasteiger partial charge in [-0.25, -0.2) is 4.98 Å². The fourth-order valence-corrected chi connectivity index (χ4v) is 3.32. The molecule has 0 radical (unpaired) electrons. The number of carbonyl (C=O) groups excluding carboxylic acids is 1. The molecule has 3 N–H and O–H groups in total. The maximum Gasteiger partial charge on any atom is 0.230 e. The number of hydrogen-bond acceptors (Lipinski definition) is 6. The van der Waals surface area contributed by atoms with Crippen LogP contribution in [0.15, 0.2) is 36.8 Å². The predicted molar refractivity (Wildman–Crippen MR) is 105 cm³/mol. The summed E-state index contributed by atoms with van der Waals surface area (Å²) in [5.41, 5.74) is 9.46. The minimum absolute atomic E-state index is 0.205. The summed E-state index contributed by atoms with van der Waals surface area (Å²) in [6.07, 6.45) is 5.53. The number of pyridine rings is 2. The van der Waals surface area contributed by atoms with Gasteiger partial charge in [0.25, 0.3) is 0 Å². The summed E-state index contributed by atoms with van der Waals surface area (Å²) in [6, 6.07) is 9.74. The molecule has 2 heterocycles. The molecule has 0 saturated heterocycles. The van der Waals surface area contributed by atoms with Gasteiger partial charge in [0.2, 0.25) is 5.91 Å². The number of benzene rings is 1. The molecule has 1 amide bonds. The number of anilines is 2. The van der Waals surface area contributed by atoms with E-state index in [0.717, 1.165) is 16.5 Å². The van der Waals surface area contributed by atoms with Crippen molar-refractivity contribution in [3.05, 3.63) is 47.9 Å². The Morgan fingerprint density at radius 3 is 2.79 bits per heavy atom. The lowest BCUT2D eigenvalue weighted by molar-refractivity contribution is -0.117. The van der Waals surface area contributed by atoms with Crippen molar-refractivity contribution in [3.63, 3.8) is 0 Å². The second-order valence-corrected chi connectivity index (χ2v) is 6.87. The summed E-state index contributed by atoms with van der Waals surface area (Å²) < 4.78 is 0. The third-order valence-corrected chi connectivity index (χ3v) is 5.05. The highest BCUT2D eigenvalue weighted by atomic mass is 16.2. The Balaban J connectivity index is 1.79. The highest BCUT2D eigenvalue weighted by Gasteiger charge is 2.43. The molecule has 3 aromatic rings. The number of nitrogens with two attached hydrogens (primary N) is 1. The first-order valence-corrected chi connectivity index (χ1v) is 8.77. The molecule has 2 atom stereocenters. The van der Waals surface area contributed by atoms with Gasteiger partial charge < -0.3 is 11.1 Å². The third kappa shape index (κ3) is 2.89. The second kappa shape index (κ2) is 6.64. The highest BCUT2D eigenvalue weighted by molar-refractivity contribution is 6.03. The van der Waals surface area contributed by atoms with E-state index in [-0.39, 0.29) is 17.7 Å². The number of hydrogen-bond donors (Lipinski definition) is 2. The van der Waals surface area contributed by atoms with E-state index in [1.165, 1.54) is 0 Å². The van der Waals surface area contributed by atoms with Crippen molar-refractivity contribution >= 4 is 28.2 Å². The molecule has 0 aliphatic heterocycles. The minimum Gasteiger partial charge on any atom is -0.397 e. The third-order valence-electron chi connectivity index (χ3n) is 5.05. The standard InChI is InChI=1S/C21H16N6O/c1-11-2-3-25-9-17(11)15-4-12-6-19(27-21(28)14-5-13(14)7-22)26-10-18(12)20(24)16(15)8-23/h2-4,6,9-10,13-14H,5,24H2,1H3,(H,26,27,28)/t13?,14-/m1/s1. The average molecular weight is 368 g/mol. The van der Waals surface area contributed by atoms with Crippen molar-refractivity contribution in [2.45, 2.75) is 13.3 Å². The molecule has 7 nitrogen and oxygen atoms in total. The Labute approximate surface area is 161 Å². The first-order chi connectivity index (χ1) is 13.5. The van der Waals surface area contributed by atoms with Crippen molar-refractivity contribution in [2.75, 3.05) is 11.1 Å². The maximum absolute atomic E-state index is 12.2. The zero-order valence-electron chi connectivity index (χ0n) is 15.1. The van der Waals surface area contributed by atoms with E-state index in [2.05, 4.69) is 27.4 Å². The number of amides is 1. The predicted octanol–water partition coefficient (Wildman–Crippen LogP) is 3.16. The Bertz CT molecular complexity index is 1200. The number of nitrogens with zero attached hydrogens (tertiary/aromatic N) is 4. The number of rotatable bonds is 3. The lowest BCUT2D eigenvalue weighted by atomic mass is 9.94. The molecule has 1 fully saturated rings. The van der Waals surface area contributed by atoms with Gasteiger partial charge in [0.1, 0.15) is 11.9 Å². The zero-order chi connectivity index (χ0) is 19.8. The van der Waals surface area contributed by atoms with Crippen LogP contribution in [0.3, 0.4) is 0 Å². The van der Waals surface area contributed by atoms with Gasteiger partial charge in [-0.05, 0) is 42.5 Å². The lowest BCUT2D eigenvalue weighted by Gasteiger charge is -2.13. The summed E-state index contributed by atoms with van der Waals surface area (Å²) in [6.45, 7) is 1.94. The number of nitrogen functional groups attached to an aromatic ring is 1. The van der Waals surface area contributed by atoms with Gasteiger partial charge >= 0.3 is 0 Å². The van der Waals surface area contributed by atoms with E-state index in [9.17, 15) is 10.1 Å². The van der Waals surface area contributed by atoms with E-state index in [1.54, 1.807) is 24.7 Å². The number of aromatic nitrogens is 2. The molecule has 1 aliphatic carbocycles. The van der Waals surface area contributed by atoms with E-state index in [1.807, 2.05) is 19.1 Å². The van der Waals surface area contributed by atoms with Crippen LogP contribution in [0.2, 0.25) is 0 Å². The fraction of sp³-hybridized carbons (Fsp3) is 0.190. The molecule has 136 valence electrons. The molecule has 7 heteroatoms. The number of nitriles is 2. The lowest BCUT2D eigenvalue weighted by Crippen LogP contribution is -2.15. The zero-order valence-corrected chi connectivity index (χ0v) is 15.1. The number of carbonyl (C=O) groups is 1. The number of aryl methyl sites for hydroxylation is 1. The molecular weight excluding hydrogens is 352 g/mol. The van der Waals surface area contributed by atoms with Gasteiger partial charge in [-0.1, -0.05) is 0 Å². The molecule has 1 saturated carbocycles. The van der Waals surface area contributed by atoms with Gasteiger partial charge in [0.15, 0.2) is 0 Å². The van der Waals surface area contributed by atoms with Crippen molar-refractivity contribution in [1.29, 1.82) is 10.5 Å². The van der Waals surface area contributed by atoms with Crippen LogP contribution >= 0.6 is 0 Å². The molecule has 0 spiro atoms. The largest absolute Gasteiger partial charge is 0.397 e. The van der Waals surface area contributed by atoms with Crippen molar-refractivity contribution in [3.8, 4) is 23.3 Å². The molecule has 1 aromatic carbocycles. The van der Waals surface area contributed by atoms with Gasteiger partial charge in [0.05, 0.1) is 29.2 Å². The second-order valence-electron chi connectivity index (χ2n) is 6.87. The Morgan fingerprint density at radius 2 is 2.11 bits per heavy atom. The van der Waals surface area contributed by atoms with Crippen LogP contribution in [0.1, 0.15) is 17.5 Å². The molecule has 2 aromatic heterocycles. The van der Waals surface area contributed by atoms with Crippen LogP contribution < -0.4 is 11.1 Å². The van der Waals surface area contributed by atoms with Crippen LogP contribution in [0.4, 0.5) is 11.5 Å². The first kappa shape index (κ1) is 17.4. The normalized spacial score (nSPS) is 17.5. The summed E-state index contributed by atoms with van der Waals surface area (Å²) >= 11 is 0. The molecule has 28 heavy (non-hydrogen) atoms. The molecular formula is C21H16N6O. The average Bonchev–Trinajstić information content (AvgIpc) is 3.48. The first-order valence-electron chi connectivity index (χ1n) is 8.77. The smallest absolute Gasteiger partial charge is 0.230 e. The molecule has 1 aliphatic rings. The van der Waals surface area contributed by atoms with Crippen LogP contribution in [-0.2, 0) is 4.79 Å². The van der Waals surface area contributed by atoms with Gasteiger partial charge in [-0.15, -0.1) is 0 Å². The van der Waals surface area contributed by atoms with Crippen LogP contribution in [0.5, 0.6) is 0 Å². The number of nitrogens with one attached hydrogen (secondary N) is 1. The highest BCUT2D eigenvalue weighted by Crippen LogP contribution is 2.39. The van der Waals surface area contributed by atoms with E-state index in [0.29, 0.717) is 34.4 Å². The topological polar surface area (TPSA) is 128 Å². The summed E-state index contributed by atoms with van der Waals surface area (Å²) in [4.78, 5) is 20.6. The molecule has 1 unspecified atom stereocenters. The van der Waals surface area contributed by atoms with Gasteiger partial charge in [-0.2, -0.15) is 10.5 Å². The van der Waals surface area contributed by atoms with Gasteiger partial charge in [0, 0.05) is 35.1 Å². The van der Waals surface area contributed by atoms with Crippen LogP contribution in [0.25, 0.3) is 21.9 Å². The Morgan fingerprint density at radius 1 is 1.29 bits per heavy atom. The summed E-state index contributed by atoms with van der Waals surface area (Å²) in [5, 5.41) is 22.7. The maximum atomic E-state index is 12.2. The Hall–Kier alpha value is -3.97. The van der Waals surface area contributed by atoms with E-state index < -0.39 is 0 Å². The van der Waals surface area contributed by atoms with Crippen molar-refractivity contribution in [1.82, 2.24) is 9.97 Å².